The maximum Gasteiger partial charge on any atom is 0.416 e. The van der Waals surface area contributed by atoms with Crippen LogP contribution in [-0.2, 0) is 12.4 Å². The first-order chi connectivity index (χ1) is 15.7. The average molecular weight is 489 g/mol. The van der Waals surface area contributed by atoms with Crippen molar-refractivity contribution in [2.24, 2.45) is 0 Å². The minimum Gasteiger partial charge on any atom is -0.362 e. The van der Waals surface area contributed by atoms with Gasteiger partial charge in [-0.2, -0.15) is 31.3 Å². The molecule has 0 atom stereocenters. The van der Waals surface area contributed by atoms with Crippen molar-refractivity contribution in [2.45, 2.75) is 57.0 Å². The second-order valence-corrected chi connectivity index (χ2v) is 8.56. The number of rotatable bonds is 5. The zero-order valence-electron chi connectivity index (χ0n) is 18.8. The highest BCUT2D eigenvalue weighted by atomic mass is 19.4. The standard InChI is InChI=1S/C22H25F6N5O/c1-12-11-29-20(32-18(12)33(2)3)31-17-6-4-16(5-7-17)30-19(34)13-8-14(21(23,24)25)10-15(9-13)22(26,27)28/h8-11,16-17H,4-7H2,1-3H3,(H,30,34)(H,29,31,32)/t16-,17+. The third kappa shape index (κ3) is 6.29. The minimum atomic E-state index is -5.01. The van der Waals surface area contributed by atoms with E-state index in [1.165, 1.54) is 0 Å². The molecule has 0 unspecified atom stereocenters. The summed E-state index contributed by atoms with van der Waals surface area (Å²) < 4.78 is 78.3. The quantitative estimate of drug-likeness (QED) is 0.576. The van der Waals surface area contributed by atoms with Gasteiger partial charge in [0.2, 0.25) is 5.95 Å². The molecule has 2 aromatic rings. The van der Waals surface area contributed by atoms with E-state index in [0.717, 1.165) is 11.4 Å². The highest BCUT2D eigenvalue weighted by Crippen LogP contribution is 2.36. The molecule has 1 fully saturated rings. The van der Waals surface area contributed by atoms with Gasteiger partial charge >= 0.3 is 12.4 Å². The van der Waals surface area contributed by atoms with Gasteiger partial charge in [0.15, 0.2) is 0 Å². The minimum absolute atomic E-state index is 0.00250. The van der Waals surface area contributed by atoms with Gasteiger partial charge in [0.05, 0.1) is 11.1 Å². The molecule has 12 heteroatoms. The Bertz CT molecular complexity index is 997. The molecule has 1 aromatic carbocycles. The first-order valence-corrected chi connectivity index (χ1v) is 10.6. The summed E-state index contributed by atoms with van der Waals surface area (Å²) in [6.45, 7) is 1.90. The van der Waals surface area contributed by atoms with Crippen molar-refractivity contribution < 1.29 is 31.1 Å². The molecule has 1 aliphatic rings. The van der Waals surface area contributed by atoms with Crippen LogP contribution in [0.3, 0.4) is 0 Å². The average Bonchev–Trinajstić information content (AvgIpc) is 2.74. The Labute approximate surface area is 192 Å². The molecule has 34 heavy (non-hydrogen) atoms. The van der Waals surface area contributed by atoms with Gasteiger partial charge in [-0.15, -0.1) is 0 Å². The molecule has 2 N–H and O–H groups in total. The van der Waals surface area contributed by atoms with Crippen LogP contribution in [-0.4, -0.2) is 42.1 Å². The lowest BCUT2D eigenvalue weighted by Gasteiger charge is -2.30. The first kappa shape index (κ1) is 25.6. The number of carbonyl (C=O) groups excluding carboxylic acids is 1. The predicted octanol–water partition coefficient (Wildman–Crippen LogP) is 5.04. The van der Waals surface area contributed by atoms with Gasteiger partial charge in [-0.25, -0.2) is 4.98 Å². The predicted molar refractivity (Wildman–Crippen MR) is 115 cm³/mol. The zero-order chi connectivity index (χ0) is 25.3. The number of benzene rings is 1. The zero-order valence-corrected chi connectivity index (χ0v) is 18.8. The number of anilines is 2. The monoisotopic (exact) mass is 489 g/mol. The molecule has 6 nitrogen and oxygen atoms in total. The van der Waals surface area contributed by atoms with Crippen LogP contribution in [0.15, 0.2) is 24.4 Å². The number of aromatic nitrogens is 2. The van der Waals surface area contributed by atoms with Crippen molar-refractivity contribution in [1.82, 2.24) is 15.3 Å². The van der Waals surface area contributed by atoms with Gasteiger partial charge < -0.3 is 15.5 Å². The SMILES string of the molecule is Cc1cnc(N[C@H]2CC[C@@H](NC(=O)c3cc(C(F)(F)F)cc(C(F)(F)F)c3)CC2)nc1N(C)C. The summed E-state index contributed by atoms with van der Waals surface area (Å²) in [6.07, 6.45) is -6.07. The van der Waals surface area contributed by atoms with E-state index >= 15 is 0 Å². The first-order valence-electron chi connectivity index (χ1n) is 10.6. The van der Waals surface area contributed by atoms with E-state index in [2.05, 4.69) is 20.6 Å². The third-order valence-electron chi connectivity index (χ3n) is 5.61. The number of halogens is 6. The summed E-state index contributed by atoms with van der Waals surface area (Å²) in [7, 11) is 3.74. The maximum absolute atomic E-state index is 13.1. The van der Waals surface area contributed by atoms with Crippen LogP contribution in [0.25, 0.3) is 0 Å². The highest BCUT2D eigenvalue weighted by molar-refractivity contribution is 5.94. The second-order valence-electron chi connectivity index (χ2n) is 8.56. The number of nitrogens with one attached hydrogen (secondary N) is 2. The van der Waals surface area contributed by atoms with E-state index in [9.17, 15) is 31.1 Å². The Kier molecular flexibility index (Phi) is 7.27. The number of hydrogen-bond acceptors (Lipinski definition) is 5. The lowest BCUT2D eigenvalue weighted by Crippen LogP contribution is -2.40. The van der Waals surface area contributed by atoms with Crippen LogP contribution in [0.2, 0.25) is 0 Å². The van der Waals surface area contributed by atoms with E-state index in [0.29, 0.717) is 43.8 Å². The molecule has 1 aromatic heterocycles. The maximum atomic E-state index is 13.1. The number of amides is 1. The Morgan fingerprint density at radius 2 is 1.47 bits per heavy atom. The normalized spacial score (nSPS) is 19.0. The van der Waals surface area contributed by atoms with Gasteiger partial charge in [0, 0.05) is 43.5 Å². The van der Waals surface area contributed by atoms with Crippen molar-refractivity contribution in [3.8, 4) is 0 Å². The van der Waals surface area contributed by atoms with Crippen molar-refractivity contribution in [2.75, 3.05) is 24.3 Å². The summed E-state index contributed by atoms with van der Waals surface area (Å²) in [5.74, 6) is 0.272. The van der Waals surface area contributed by atoms with Crippen LogP contribution >= 0.6 is 0 Å². The van der Waals surface area contributed by atoms with E-state index in [-0.39, 0.29) is 18.2 Å². The van der Waals surface area contributed by atoms with Crippen LogP contribution < -0.4 is 15.5 Å². The molecule has 3 rings (SSSR count). The summed E-state index contributed by atoms with van der Waals surface area (Å²) in [6, 6.07) is 0.536. The molecule has 0 saturated heterocycles. The summed E-state index contributed by atoms with van der Waals surface area (Å²) in [4.78, 5) is 23.1. The number of alkyl halides is 6. The largest absolute Gasteiger partial charge is 0.416 e. The Hall–Kier alpha value is -3.05. The topological polar surface area (TPSA) is 70.1 Å². The molecule has 1 amide bonds. The fourth-order valence-electron chi connectivity index (χ4n) is 3.87. The lowest BCUT2D eigenvalue weighted by molar-refractivity contribution is -0.143. The number of carbonyl (C=O) groups is 1. The van der Waals surface area contributed by atoms with Crippen molar-refractivity contribution in [3.05, 3.63) is 46.6 Å². The van der Waals surface area contributed by atoms with Gasteiger partial charge in [-0.3, -0.25) is 4.79 Å². The molecular formula is C22H25F6N5O. The number of hydrogen-bond donors (Lipinski definition) is 2. The molecule has 0 spiro atoms. The van der Waals surface area contributed by atoms with Crippen molar-refractivity contribution in [3.63, 3.8) is 0 Å². The van der Waals surface area contributed by atoms with Crippen molar-refractivity contribution >= 4 is 17.7 Å². The fraction of sp³-hybridized carbons (Fsp3) is 0.500. The van der Waals surface area contributed by atoms with Crippen molar-refractivity contribution in [1.29, 1.82) is 0 Å². The molecule has 1 heterocycles. The highest BCUT2D eigenvalue weighted by Gasteiger charge is 2.37. The lowest BCUT2D eigenvalue weighted by atomic mass is 9.91. The van der Waals surface area contributed by atoms with E-state index in [4.69, 9.17) is 0 Å². The molecule has 1 saturated carbocycles. The van der Waals surface area contributed by atoms with Gasteiger partial charge in [-0.05, 0) is 50.8 Å². The van der Waals surface area contributed by atoms with Gasteiger partial charge in [0.25, 0.3) is 5.91 Å². The van der Waals surface area contributed by atoms with Crippen LogP contribution in [0.5, 0.6) is 0 Å². The molecule has 1 aliphatic carbocycles. The second kappa shape index (κ2) is 9.67. The number of aryl methyl sites for hydroxylation is 1. The van der Waals surface area contributed by atoms with E-state index in [1.807, 2.05) is 25.9 Å². The molecular weight excluding hydrogens is 464 g/mol. The summed E-state index contributed by atoms with van der Waals surface area (Å²) in [5.41, 5.74) is -2.79. The van der Waals surface area contributed by atoms with Crippen LogP contribution in [0, 0.1) is 6.92 Å². The van der Waals surface area contributed by atoms with Gasteiger partial charge in [-0.1, -0.05) is 0 Å². The molecule has 0 radical (unpaired) electrons. The van der Waals surface area contributed by atoms with Crippen LogP contribution in [0.1, 0.15) is 52.7 Å². The molecule has 186 valence electrons. The van der Waals surface area contributed by atoms with Crippen LogP contribution in [0.4, 0.5) is 38.1 Å². The summed E-state index contributed by atoms with van der Waals surface area (Å²) in [5, 5.41) is 5.81. The smallest absolute Gasteiger partial charge is 0.362 e. The Balaban J connectivity index is 1.63. The van der Waals surface area contributed by atoms with Gasteiger partial charge in [0.1, 0.15) is 5.82 Å². The molecule has 0 bridgehead atoms. The summed E-state index contributed by atoms with van der Waals surface area (Å²) >= 11 is 0. The number of nitrogens with zero attached hydrogens (tertiary/aromatic N) is 3. The third-order valence-corrected chi connectivity index (χ3v) is 5.61. The molecule has 0 aliphatic heterocycles. The van der Waals surface area contributed by atoms with E-state index in [1.54, 1.807) is 6.20 Å². The Morgan fingerprint density at radius 1 is 0.941 bits per heavy atom. The Morgan fingerprint density at radius 3 is 1.97 bits per heavy atom. The van der Waals surface area contributed by atoms with E-state index < -0.39 is 35.0 Å². The fourth-order valence-corrected chi connectivity index (χ4v) is 3.87.